The Morgan fingerprint density at radius 3 is 2.33 bits per heavy atom. The average Bonchev–Trinajstić information content (AvgIpc) is 2.16. The van der Waals surface area contributed by atoms with Gasteiger partial charge in [0.2, 0.25) is 11.9 Å². The van der Waals surface area contributed by atoms with Crippen LogP contribution >= 0.6 is 11.8 Å². The maximum atomic E-state index is 9.07. The Balaban J connectivity index is 2.43. The lowest BCUT2D eigenvalue weighted by molar-refractivity contribution is 0.113. The van der Waals surface area contributed by atoms with Crippen molar-refractivity contribution in [1.29, 1.82) is 0 Å². The molecule has 1 atom stereocenters. The molecule has 6 N–H and O–H groups in total. The molecule has 0 spiro atoms. The molecule has 84 valence electrons. The van der Waals surface area contributed by atoms with Crippen molar-refractivity contribution in [2.45, 2.75) is 11.9 Å². The Labute approximate surface area is 90.9 Å². The smallest absolute Gasteiger partial charge is 0.225 e. The van der Waals surface area contributed by atoms with E-state index in [9.17, 15) is 0 Å². The molecule has 8 heteroatoms. The maximum absolute atomic E-state index is 9.07. The molecule has 15 heavy (non-hydrogen) atoms. The van der Waals surface area contributed by atoms with Crippen LogP contribution in [0.5, 0.6) is 0 Å². The number of hydrogen-bond donors (Lipinski definition) is 4. The van der Waals surface area contributed by atoms with E-state index in [-0.39, 0.29) is 18.5 Å². The fraction of sp³-hybridized carbons (Fsp3) is 0.571. The number of anilines is 2. The Bertz CT molecular complexity index is 304. The summed E-state index contributed by atoms with van der Waals surface area (Å²) in [5, 5.41) is 17.6. The first kappa shape index (κ1) is 12.0. The summed E-state index contributed by atoms with van der Waals surface area (Å²) in [6.45, 7) is -0.255. The number of aliphatic hydroxyl groups is 2. The van der Waals surface area contributed by atoms with Crippen molar-refractivity contribution in [3.63, 3.8) is 0 Å². The first-order valence-corrected chi connectivity index (χ1v) is 5.40. The summed E-state index contributed by atoms with van der Waals surface area (Å²) in [5.41, 5.74) is 10.8. The summed E-state index contributed by atoms with van der Waals surface area (Å²) in [7, 11) is 0. The van der Waals surface area contributed by atoms with Gasteiger partial charge in [0.1, 0.15) is 5.82 Å². The highest BCUT2D eigenvalue weighted by atomic mass is 32.2. The number of rotatable bonds is 5. The highest BCUT2D eigenvalue weighted by molar-refractivity contribution is 7.98. The lowest BCUT2D eigenvalue weighted by Crippen LogP contribution is -2.15. The number of thioether (sulfide) groups is 1. The Morgan fingerprint density at radius 1 is 1.20 bits per heavy atom. The van der Waals surface area contributed by atoms with Gasteiger partial charge in [-0.25, -0.2) is 0 Å². The van der Waals surface area contributed by atoms with Gasteiger partial charge < -0.3 is 21.7 Å². The van der Waals surface area contributed by atoms with E-state index in [0.29, 0.717) is 17.3 Å². The van der Waals surface area contributed by atoms with Gasteiger partial charge in [-0.3, -0.25) is 0 Å². The molecule has 0 saturated heterocycles. The van der Waals surface area contributed by atoms with Crippen molar-refractivity contribution >= 4 is 23.7 Å². The van der Waals surface area contributed by atoms with Crippen molar-refractivity contribution in [2.24, 2.45) is 0 Å². The van der Waals surface area contributed by atoms with Gasteiger partial charge in [0.25, 0.3) is 0 Å². The first-order chi connectivity index (χ1) is 7.11. The van der Waals surface area contributed by atoms with Gasteiger partial charge in [-0.1, -0.05) is 0 Å². The summed E-state index contributed by atoms with van der Waals surface area (Å²) >= 11 is 1.38. The summed E-state index contributed by atoms with van der Waals surface area (Å²) in [5.74, 6) is 1.51. The molecule has 0 amide bonds. The normalized spacial score (nSPS) is 12.7. The van der Waals surface area contributed by atoms with Crippen molar-refractivity contribution in [3.8, 4) is 0 Å². The van der Waals surface area contributed by atoms with Crippen LogP contribution in [0.1, 0.15) is 5.82 Å². The van der Waals surface area contributed by atoms with E-state index in [1.807, 2.05) is 0 Å². The zero-order valence-corrected chi connectivity index (χ0v) is 8.81. The Morgan fingerprint density at radius 2 is 1.80 bits per heavy atom. The molecule has 1 aromatic heterocycles. The minimum atomic E-state index is -0.730. The van der Waals surface area contributed by atoms with E-state index in [1.165, 1.54) is 11.8 Å². The van der Waals surface area contributed by atoms with Crippen LogP contribution in [-0.2, 0) is 5.75 Å². The molecule has 1 rings (SSSR count). The van der Waals surface area contributed by atoms with E-state index < -0.39 is 6.10 Å². The second kappa shape index (κ2) is 5.69. The van der Waals surface area contributed by atoms with Gasteiger partial charge in [-0.05, 0) is 0 Å². The number of hydrogen-bond acceptors (Lipinski definition) is 8. The Hall–Kier alpha value is -1.12. The molecule has 7 nitrogen and oxygen atoms in total. The third-order valence-corrected chi connectivity index (χ3v) is 2.55. The van der Waals surface area contributed by atoms with Crippen LogP contribution in [0.25, 0.3) is 0 Å². The number of nitrogens with zero attached hydrogens (tertiary/aromatic N) is 3. The van der Waals surface area contributed by atoms with Crippen LogP contribution in [0.3, 0.4) is 0 Å². The predicted molar refractivity (Wildman–Crippen MR) is 57.9 cm³/mol. The van der Waals surface area contributed by atoms with E-state index in [2.05, 4.69) is 15.0 Å². The molecule has 0 aliphatic carbocycles. The van der Waals surface area contributed by atoms with Gasteiger partial charge in [0.15, 0.2) is 0 Å². The number of aliphatic hydroxyl groups excluding tert-OH is 2. The maximum Gasteiger partial charge on any atom is 0.225 e. The number of nitrogen functional groups attached to an aromatic ring is 2. The molecule has 0 bridgehead atoms. The molecule has 1 aromatic rings. The zero-order valence-electron chi connectivity index (χ0n) is 8.00. The monoisotopic (exact) mass is 231 g/mol. The van der Waals surface area contributed by atoms with Crippen LogP contribution in [0.15, 0.2) is 0 Å². The number of aromatic nitrogens is 3. The SMILES string of the molecule is Nc1nc(N)nc(CSCC(O)CO)n1. The van der Waals surface area contributed by atoms with E-state index >= 15 is 0 Å². The Kier molecular flexibility index (Phi) is 4.53. The third kappa shape index (κ3) is 4.28. The van der Waals surface area contributed by atoms with Gasteiger partial charge in [0, 0.05) is 5.75 Å². The standard InChI is InChI=1S/C7H13N5O2S/c8-6-10-5(11-7(9)12-6)3-15-2-4(14)1-13/h4,13-14H,1-3H2,(H4,8,9,10,11,12). The van der Waals surface area contributed by atoms with Crippen molar-refractivity contribution in [2.75, 3.05) is 23.8 Å². The molecule has 0 saturated carbocycles. The molecule has 1 heterocycles. The fourth-order valence-corrected chi connectivity index (χ4v) is 1.67. The van der Waals surface area contributed by atoms with E-state index in [1.54, 1.807) is 0 Å². The largest absolute Gasteiger partial charge is 0.394 e. The average molecular weight is 231 g/mol. The minimum absolute atomic E-state index is 0.0841. The molecular formula is C7H13N5O2S. The molecule has 1 unspecified atom stereocenters. The topological polar surface area (TPSA) is 131 Å². The minimum Gasteiger partial charge on any atom is -0.394 e. The van der Waals surface area contributed by atoms with E-state index in [0.717, 1.165) is 0 Å². The predicted octanol–water partition coefficient (Wildman–Crippen LogP) is -1.38. The lowest BCUT2D eigenvalue weighted by atomic mass is 10.4. The molecule has 0 fully saturated rings. The highest BCUT2D eigenvalue weighted by Crippen LogP contribution is 2.10. The third-order valence-electron chi connectivity index (χ3n) is 1.47. The van der Waals surface area contributed by atoms with Crippen LogP contribution in [0.4, 0.5) is 11.9 Å². The summed E-state index contributed by atoms with van der Waals surface area (Å²) < 4.78 is 0. The van der Waals surface area contributed by atoms with E-state index in [4.69, 9.17) is 21.7 Å². The van der Waals surface area contributed by atoms with Crippen LogP contribution in [0, 0.1) is 0 Å². The molecule has 0 aromatic carbocycles. The molecule has 0 radical (unpaired) electrons. The fourth-order valence-electron chi connectivity index (χ4n) is 0.860. The number of nitrogens with two attached hydrogens (primary N) is 2. The highest BCUT2D eigenvalue weighted by Gasteiger charge is 2.05. The second-order valence-corrected chi connectivity index (χ2v) is 3.85. The molecule has 0 aliphatic heterocycles. The second-order valence-electron chi connectivity index (χ2n) is 2.82. The summed E-state index contributed by atoms with van der Waals surface area (Å²) in [4.78, 5) is 11.4. The van der Waals surface area contributed by atoms with Crippen molar-refractivity contribution in [3.05, 3.63) is 5.82 Å². The molecular weight excluding hydrogens is 218 g/mol. The van der Waals surface area contributed by atoms with Gasteiger partial charge in [0.05, 0.1) is 18.5 Å². The van der Waals surface area contributed by atoms with Crippen LogP contribution in [0.2, 0.25) is 0 Å². The van der Waals surface area contributed by atoms with Gasteiger partial charge in [-0.2, -0.15) is 26.7 Å². The van der Waals surface area contributed by atoms with Crippen LogP contribution in [-0.4, -0.2) is 43.6 Å². The quantitative estimate of drug-likeness (QED) is 0.487. The first-order valence-electron chi connectivity index (χ1n) is 4.24. The van der Waals surface area contributed by atoms with Crippen molar-refractivity contribution < 1.29 is 10.2 Å². The summed E-state index contributed by atoms with van der Waals surface area (Å²) in [6, 6.07) is 0. The molecule has 0 aliphatic rings. The zero-order chi connectivity index (χ0) is 11.3. The van der Waals surface area contributed by atoms with Crippen molar-refractivity contribution in [1.82, 2.24) is 15.0 Å². The van der Waals surface area contributed by atoms with Gasteiger partial charge >= 0.3 is 0 Å². The van der Waals surface area contributed by atoms with Gasteiger partial charge in [-0.15, -0.1) is 0 Å². The lowest BCUT2D eigenvalue weighted by Gasteiger charge is -2.05. The van der Waals surface area contributed by atoms with Crippen LogP contribution < -0.4 is 11.5 Å². The summed E-state index contributed by atoms with van der Waals surface area (Å²) in [6.07, 6.45) is -0.730.